The molecule has 2 fully saturated rings. The summed E-state index contributed by atoms with van der Waals surface area (Å²) in [6, 6.07) is 0. The zero-order chi connectivity index (χ0) is 11.6. The molecule has 0 aromatic carbocycles. The Balaban J connectivity index is 2.17. The van der Waals surface area contributed by atoms with E-state index in [-0.39, 0.29) is 0 Å². The maximum absolute atomic E-state index is 2.63. The van der Waals surface area contributed by atoms with Gasteiger partial charge < -0.3 is 0 Å². The normalized spacial score (nSPS) is 44.1. The topological polar surface area (TPSA) is 0 Å². The minimum atomic E-state index is 0.693. The van der Waals surface area contributed by atoms with Crippen LogP contribution in [-0.4, -0.2) is 0 Å². The summed E-state index contributed by atoms with van der Waals surface area (Å²) in [7, 11) is 0. The fourth-order valence-electron chi connectivity index (χ4n) is 5.03. The monoisotopic (exact) mass is 222 g/mol. The second kappa shape index (κ2) is 5.10. The molecule has 0 aliphatic heterocycles. The van der Waals surface area contributed by atoms with Crippen molar-refractivity contribution in [2.24, 2.45) is 23.2 Å². The molecule has 16 heavy (non-hydrogen) atoms. The molecule has 2 rings (SSSR count). The lowest BCUT2D eigenvalue weighted by Gasteiger charge is -2.38. The van der Waals surface area contributed by atoms with Crippen molar-refractivity contribution in [2.75, 3.05) is 0 Å². The van der Waals surface area contributed by atoms with Gasteiger partial charge in [0.05, 0.1) is 0 Å². The van der Waals surface area contributed by atoms with Crippen molar-refractivity contribution >= 4 is 0 Å². The molecule has 0 nitrogen and oxygen atoms in total. The van der Waals surface area contributed by atoms with Crippen molar-refractivity contribution in [1.29, 1.82) is 0 Å². The number of hydrogen-bond donors (Lipinski definition) is 0. The highest BCUT2D eigenvalue weighted by Gasteiger charge is 2.49. The summed E-state index contributed by atoms with van der Waals surface area (Å²) in [4.78, 5) is 0. The average Bonchev–Trinajstić information content (AvgIpc) is 2.45. The van der Waals surface area contributed by atoms with Crippen LogP contribution in [0.15, 0.2) is 0 Å². The molecule has 0 heteroatoms. The van der Waals surface area contributed by atoms with Crippen LogP contribution in [0.25, 0.3) is 0 Å². The zero-order valence-electron chi connectivity index (χ0n) is 11.6. The van der Waals surface area contributed by atoms with Crippen LogP contribution in [-0.2, 0) is 0 Å². The Morgan fingerprint density at radius 1 is 1.06 bits per heavy atom. The summed E-state index contributed by atoms with van der Waals surface area (Å²) in [6.07, 6.45) is 13.4. The highest BCUT2D eigenvalue weighted by molar-refractivity contribution is 4.99. The minimum Gasteiger partial charge on any atom is -0.0654 e. The fourth-order valence-corrected chi connectivity index (χ4v) is 5.03. The first-order valence-electron chi connectivity index (χ1n) is 7.72. The van der Waals surface area contributed by atoms with E-state index >= 15 is 0 Å². The van der Waals surface area contributed by atoms with E-state index in [1.165, 1.54) is 44.9 Å². The maximum atomic E-state index is 2.63. The van der Waals surface area contributed by atoms with Crippen LogP contribution in [0.1, 0.15) is 78.6 Å². The zero-order valence-corrected chi connectivity index (χ0v) is 11.6. The van der Waals surface area contributed by atoms with Crippen molar-refractivity contribution in [3.05, 3.63) is 0 Å². The van der Waals surface area contributed by atoms with E-state index in [0.717, 1.165) is 17.8 Å². The Hall–Kier alpha value is 0. The van der Waals surface area contributed by atoms with Gasteiger partial charge in [-0.3, -0.25) is 0 Å². The second-order valence-electron chi connectivity index (χ2n) is 6.60. The molecular weight excluding hydrogens is 192 g/mol. The van der Waals surface area contributed by atoms with Gasteiger partial charge in [0.1, 0.15) is 0 Å². The molecule has 0 aromatic rings. The molecule has 0 heterocycles. The molecule has 2 aliphatic carbocycles. The molecule has 0 bridgehead atoms. The lowest BCUT2D eigenvalue weighted by atomic mass is 9.67. The number of hydrogen-bond acceptors (Lipinski definition) is 0. The smallest absolute Gasteiger partial charge is 0.0267 e. The highest BCUT2D eigenvalue weighted by atomic mass is 14.5. The maximum Gasteiger partial charge on any atom is -0.0267 e. The van der Waals surface area contributed by atoms with Crippen LogP contribution in [0.4, 0.5) is 0 Å². The Labute approximate surface area is 102 Å². The van der Waals surface area contributed by atoms with Crippen LogP contribution >= 0.6 is 0 Å². The Morgan fingerprint density at radius 2 is 1.81 bits per heavy atom. The van der Waals surface area contributed by atoms with Gasteiger partial charge in [-0.25, -0.2) is 0 Å². The first-order valence-corrected chi connectivity index (χ1v) is 7.72. The molecule has 4 atom stereocenters. The summed E-state index contributed by atoms with van der Waals surface area (Å²) in [5.41, 5.74) is 0.693. The average molecular weight is 222 g/mol. The summed E-state index contributed by atoms with van der Waals surface area (Å²) < 4.78 is 0. The van der Waals surface area contributed by atoms with Gasteiger partial charge in [0.25, 0.3) is 0 Å². The number of fused-ring (bicyclic) bond motifs is 1. The van der Waals surface area contributed by atoms with Crippen LogP contribution in [0.2, 0.25) is 0 Å². The molecule has 0 aromatic heterocycles. The summed E-state index contributed by atoms with van der Waals surface area (Å²) in [5, 5.41) is 0. The standard InChI is InChI=1S/C16H30/c1-4-11-16(3)14(5-2)12-13-9-7-6-8-10-15(13)16/h13-15H,4-12H2,1-3H3. The van der Waals surface area contributed by atoms with Gasteiger partial charge in [-0.05, 0) is 42.4 Å². The summed E-state index contributed by atoms with van der Waals surface area (Å²) >= 11 is 0. The van der Waals surface area contributed by atoms with E-state index in [1.54, 1.807) is 12.8 Å². The van der Waals surface area contributed by atoms with E-state index in [9.17, 15) is 0 Å². The SMILES string of the molecule is CCCC1(C)C(CC)CC2CCCCCC21. The predicted molar refractivity (Wildman–Crippen MR) is 71.5 cm³/mol. The molecule has 94 valence electrons. The lowest BCUT2D eigenvalue weighted by Crippen LogP contribution is -2.29. The van der Waals surface area contributed by atoms with E-state index in [0.29, 0.717) is 5.41 Å². The van der Waals surface area contributed by atoms with Crippen LogP contribution < -0.4 is 0 Å². The van der Waals surface area contributed by atoms with E-state index < -0.39 is 0 Å². The number of rotatable bonds is 3. The van der Waals surface area contributed by atoms with Gasteiger partial charge in [0.15, 0.2) is 0 Å². The molecule has 2 aliphatic rings. The van der Waals surface area contributed by atoms with Gasteiger partial charge >= 0.3 is 0 Å². The van der Waals surface area contributed by atoms with Crippen molar-refractivity contribution in [2.45, 2.75) is 78.6 Å². The van der Waals surface area contributed by atoms with Gasteiger partial charge in [-0.15, -0.1) is 0 Å². The van der Waals surface area contributed by atoms with Crippen LogP contribution in [0.5, 0.6) is 0 Å². The Bertz CT molecular complexity index is 220. The molecular formula is C16H30. The molecule has 0 amide bonds. The van der Waals surface area contributed by atoms with Gasteiger partial charge in [0, 0.05) is 0 Å². The molecule has 4 unspecified atom stereocenters. The van der Waals surface area contributed by atoms with E-state index in [4.69, 9.17) is 0 Å². The highest BCUT2D eigenvalue weighted by Crippen LogP contribution is 2.58. The summed E-state index contributed by atoms with van der Waals surface area (Å²) in [6.45, 7) is 7.42. The van der Waals surface area contributed by atoms with Crippen LogP contribution in [0, 0.1) is 23.2 Å². The van der Waals surface area contributed by atoms with E-state index in [2.05, 4.69) is 20.8 Å². The van der Waals surface area contributed by atoms with Crippen LogP contribution in [0.3, 0.4) is 0 Å². The Morgan fingerprint density at radius 3 is 2.50 bits per heavy atom. The van der Waals surface area contributed by atoms with Gasteiger partial charge in [-0.1, -0.05) is 59.3 Å². The summed E-state index contributed by atoms with van der Waals surface area (Å²) in [5.74, 6) is 3.18. The third-order valence-corrected chi connectivity index (χ3v) is 5.81. The van der Waals surface area contributed by atoms with Crippen molar-refractivity contribution in [1.82, 2.24) is 0 Å². The fraction of sp³-hybridized carbons (Fsp3) is 1.00. The molecule has 0 radical (unpaired) electrons. The van der Waals surface area contributed by atoms with Crippen molar-refractivity contribution < 1.29 is 0 Å². The third kappa shape index (κ3) is 2.05. The molecule has 0 spiro atoms. The predicted octanol–water partition coefficient (Wildman–Crippen LogP) is 5.42. The lowest BCUT2D eigenvalue weighted by molar-refractivity contribution is 0.117. The molecule has 0 N–H and O–H groups in total. The minimum absolute atomic E-state index is 0.693. The first-order chi connectivity index (χ1) is 7.72. The Kier molecular flexibility index (Phi) is 3.97. The quantitative estimate of drug-likeness (QED) is 0.598. The largest absolute Gasteiger partial charge is 0.0654 e. The third-order valence-electron chi connectivity index (χ3n) is 5.81. The molecule has 2 saturated carbocycles. The van der Waals surface area contributed by atoms with Crippen molar-refractivity contribution in [3.8, 4) is 0 Å². The first kappa shape index (κ1) is 12.5. The van der Waals surface area contributed by atoms with Gasteiger partial charge in [0.2, 0.25) is 0 Å². The van der Waals surface area contributed by atoms with Crippen molar-refractivity contribution in [3.63, 3.8) is 0 Å². The molecule has 0 saturated heterocycles. The van der Waals surface area contributed by atoms with Gasteiger partial charge in [-0.2, -0.15) is 0 Å². The second-order valence-corrected chi connectivity index (χ2v) is 6.60. The van der Waals surface area contributed by atoms with E-state index in [1.807, 2.05) is 0 Å².